The average Bonchev–Trinajstić information content (AvgIpc) is 3.03. The number of primary amides is 1. The second kappa shape index (κ2) is 8.80. The number of carbonyl (C=O) groups is 2. The molecule has 31 heavy (non-hydrogen) atoms. The lowest BCUT2D eigenvalue weighted by molar-refractivity contribution is -0.123. The third kappa shape index (κ3) is 4.09. The largest absolute Gasteiger partial charge is 0.369 e. The summed E-state index contributed by atoms with van der Waals surface area (Å²) in [5.74, 6) is -0.148. The molecule has 162 valence electrons. The number of hydrogen-bond donors (Lipinski definition) is 1. The molecule has 2 aliphatic rings. The number of rotatable bonds is 5. The molecule has 2 aliphatic heterocycles. The van der Waals surface area contributed by atoms with Crippen LogP contribution in [0.4, 0.5) is 5.82 Å². The summed E-state index contributed by atoms with van der Waals surface area (Å²) in [6.45, 7) is 3.64. The molecule has 8 nitrogen and oxygen atoms in total. The van der Waals surface area contributed by atoms with Crippen LogP contribution in [-0.4, -0.2) is 50.1 Å². The third-order valence-corrected chi connectivity index (χ3v) is 6.92. The Bertz CT molecular complexity index is 1150. The van der Waals surface area contributed by atoms with Gasteiger partial charge < -0.3 is 10.6 Å². The number of anilines is 1. The maximum Gasteiger partial charge on any atom is 0.267 e. The van der Waals surface area contributed by atoms with E-state index >= 15 is 0 Å². The number of nitrogens with zero attached hydrogens (tertiary/aromatic N) is 4. The highest BCUT2D eigenvalue weighted by Crippen LogP contribution is 2.34. The summed E-state index contributed by atoms with van der Waals surface area (Å²) in [4.78, 5) is 46.5. The summed E-state index contributed by atoms with van der Waals surface area (Å²) in [5.41, 5.74) is 6.08. The average molecular weight is 458 g/mol. The Hall–Kier alpha value is -2.72. The fraction of sp³-hybridized carbons (Fsp3) is 0.381. The number of piperidine rings is 1. The normalized spacial score (nSPS) is 19.1. The molecule has 0 spiro atoms. The van der Waals surface area contributed by atoms with Gasteiger partial charge in [0.25, 0.3) is 11.5 Å². The van der Waals surface area contributed by atoms with Crippen molar-refractivity contribution >= 4 is 57.7 Å². The molecular weight excluding hydrogens is 434 g/mol. The van der Waals surface area contributed by atoms with Gasteiger partial charge in [0.1, 0.15) is 15.8 Å². The van der Waals surface area contributed by atoms with E-state index in [0.717, 1.165) is 6.42 Å². The molecule has 2 aromatic rings. The van der Waals surface area contributed by atoms with Crippen molar-refractivity contribution in [2.75, 3.05) is 24.5 Å². The summed E-state index contributed by atoms with van der Waals surface area (Å²) in [6.07, 6.45) is 5.26. The van der Waals surface area contributed by atoms with Gasteiger partial charge in [-0.1, -0.05) is 37.0 Å². The molecule has 0 unspecified atom stereocenters. The highest BCUT2D eigenvalue weighted by molar-refractivity contribution is 8.26. The molecule has 0 atom stereocenters. The number of hydrogen-bond acceptors (Lipinski definition) is 7. The van der Waals surface area contributed by atoms with Crippen molar-refractivity contribution in [1.29, 1.82) is 0 Å². The van der Waals surface area contributed by atoms with E-state index in [0.29, 0.717) is 58.7 Å². The maximum atomic E-state index is 13.4. The minimum atomic E-state index is -0.300. The van der Waals surface area contributed by atoms with Crippen LogP contribution in [0.2, 0.25) is 0 Å². The lowest BCUT2D eigenvalue weighted by Crippen LogP contribution is -2.40. The van der Waals surface area contributed by atoms with Crippen LogP contribution in [0.15, 0.2) is 34.1 Å². The van der Waals surface area contributed by atoms with Crippen molar-refractivity contribution in [2.45, 2.75) is 26.2 Å². The van der Waals surface area contributed by atoms with E-state index in [1.807, 2.05) is 17.9 Å². The molecule has 0 radical (unpaired) electrons. The summed E-state index contributed by atoms with van der Waals surface area (Å²) < 4.78 is 1.97. The second-order valence-corrected chi connectivity index (χ2v) is 9.26. The maximum absolute atomic E-state index is 13.4. The zero-order valence-corrected chi connectivity index (χ0v) is 18.7. The van der Waals surface area contributed by atoms with Crippen molar-refractivity contribution in [3.8, 4) is 0 Å². The fourth-order valence-electron chi connectivity index (χ4n) is 3.88. The van der Waals surface area contributed by atoms with E-state index in [1.54, 1.807) is 29.3 Å². The molecule has 0 aromatic carbocycles. The third-order valence-electron chi connectivity index (χ3n) is 5.54. The summed E-state index contributed by atoms with van der Waals surface area (Å²) >= 11 is 6.56. The number of aromatic nitrogens is 2. The minimum Gasteiger partial charge on any atom is -0.369 e. The lowest BCUT2D eigenvalue weighted by atomic mass is 9.96. The van der Waals surface area contributed by atoms with Crippen molar-refractivity contribution < 1.29 is 9.59 Å². The molecule has 4 heterocycles. The van der Waals surface area contributed by atoms with E-state index in [9.17, 15) is 14.4 Å². The van der Waals surface area contributed by atoms with Crippen molar-refractivity contribution in [1.82, 2.24) is 14.3 Å². The standard InChI is InChI=1S/C21H23N5O3S2/c1-2-8-26-20(29)15(31-21(26)30)12-14-18(24-10-6-13(7-11-24)17(22)27)23-16-5-3-4-9-25(16)19(14)28/h3-5,9,12-13H,2,6-8,10-11H2,1H3,(H2,22,27)/b15-12+. The zero-order valence-electron chi connectivity index (χ0n) is 17.1. The van der Waals surface area contributed by atoms with Gasteiger partial charge in [-0.2, -0.15) is 0 Å². The summed E-state index contributed by atoms with van der Waals surface area (Å²) in [5, 5.41) is 0. The predicted octanol–water partition coefficient (Wildman–Crippen LogP) is 2.01. The van der Waals surface area contributed by atoms with Crippen LogP contribution in [-0.2, 0) is 9.59 Å². The smallest absolute Gasteiger partial charge is 0.267 e. The molecule has 2 N–H and O–H groups in total. The van der Waals surface area contributed by atoms with Gasteiger partial charge in [0.2, 0.25) is 5.91 Å². The molecule has 0 bridgehead atoms. The van der Waals surface area contributed by atoms with Crippen molar-refractivity contribution in [3.63, 3.8) is 0 Å². The molecule has 4 rings (SSSR count). The number of thiocarbonyl (C=S) groups is 1. The number of carbonyl (C=O) groups excluding carboxylic acids is 2. The minimum absolute atomic E-state index is 0.174. The van der Waals surface area contributed by atoms with E-state index in [4.69, 9.17) is 22.9 Å². The molecular formula is C21H23N5O3S2. The Balaban J connectivity index is 1.79. The van der Waals surface area contributed by atoms with Gasteiger partial charge in [-0.25, -0.2) is 4.98 Å². The quantitative estimate of drug-likeness (QED) is 0.541. The Labute approximate surface area is 189 Å². The number of amides is 2. The van der Waals surface area contributed by atoms with E-state index in [2.05, 4.69) is 0 Å². The monoisotopic (exact) mass is 457 g/mol. The number of nitrogens with two attached hydrogens (primary N) is 1. The van der Waals surface area contributed by atoms with E-state index in [1.165, 1.54) is 16.2 Å². The molecule has 10 heteroatoms. The van der Waals surface area contributed by atoms with Gasteiger partial charge in [0.15, 0.2) is 0 Å². The molecule has 2 fully saturated rings. The molecule has 2 aromatic heterocycles. The number of pyridine rings is 1. The van der Waals surface area contributed by atoms with Crippen LogP contribution in [0.3, 0.4) is 0 Å². The van der Waals surface area contributed by atoms with Crippen LogP contribution < -0.4 is 16.2 Å². The second-order valence-electron chi connectivity index (χ2n) is 7.58. The zero-order chi connectivity index (χ0) is 22.1. The van der Waals surface area contributed by atoms with Gasteiger partial charge in [-0.3, -0.25) is 23.7 Å². The van der Waals surface area contributed by atoms with Crippen molar-refractivity contribution in [3.05, 3.63) is 45.2 Å². The molecule has 2 saturated heterocycles. The van der Waals surface area contributed by atoms with Gasteiger partial charge in [-0.15, -0.1) is 0 Å². The first kappa shape index (κ1) is 21.5. The van der Waals surface area contributed by atoms with Crippen LogP contribution in [0, 0.1) is 5.92 Å². The summed E-state index contributed by atoms with van der Waals surface area (Å²) in [6, 6.07) is 5.35. The first-order valence-electron chi connectivity index (χ1n) is 10.2. The topological polar surface area (TPSA) is 101 Å². The summed E-state index contributed by atoms with van der Waals surface area (Å²) in [7, 11) is 0. The van der Waals surface area contributed by atoms with Crippen LogP contribution in [0.5, 0.6) is 0 Å². The Morgan fingerprint density at radius 1 is 1.32 bits per heavy atom. The lowest BCUT2D eigenvalue weighted by Gasteiger charge is -2.32. The van der Waals surface area contributed by atoms with Crippen LogP contribution in [0.1, 0.15) is 31.7 Å². The van der Waals surface area contributed by atoms with Gasteiger partial charge >= 0.3 is 0 Å². The molecule has 2 amide bonds. The van der Waals surface area contributed by atoms with E-state index < -0.39 is 0 Å². The number of thioether (sulfide) groups is 1. The fourth-order valence-corrected chi connectivity index (χ4v) is 5.17. The molecule has 0 aliphatic carbocycles. The first-order valence-corrected chi connectivity index (χ1v) is 11.4. The predicted molar refractivity (Wildman–Crippen MR) is 126 cm³/mol. The van der Waals surface area contributed by atoms with Crippen LogP contribution in [0.25, 0.3) is 11.7 Å². The van der Waals surface area contributed by atoms with E-state index in [-0.39, 0.29) is 23.3 Å². The Morgan fingerprint density at radius 3 is 2.74 bits per heavy atom. The Morgan fingerprint density at radius 2 is 2.06 bits per heavy atom. The van der Waals surface area contributed by atoms with Gasteiger partial charge in [0.05, 0.1) is 10.5 Å². The van der Waals surface area contributed by atoms with Gasteiger partial charge in [0, 0.05) is 31.7 Å². The van der Waals surface area contributed by atoms with Crippen molar-refractivity contribution in [2.24, 2.45) is 11.7 Å². The highest BCUT2D eigenvalue weighted by atomic mass is 32.2. The molecule has 0 saturated carbocycles. The number of fused-ring (bicyclic) bond motifs is 1. The first-order chi connectivity index (χ1) is 14.9. The van der Waals surface area contributed by atoms with Gasteiger partial charge in [-0.05, 0) is 37.5 Å². The Kier molecular flexibility index (Phi) is 6.10. The SMILES string of the molecule is CCCN1C(=O)/C(=C\c2c(N3CCC(C(N)=O)CC3)nc3ccccn3c2=O)SC1=S. The van der Waals surface area contributed by atoms with Crippen LogP contribution >= 0.6 is 24.0 Å². The highest BCUT2D eigenvalue weighted by Gasteiger charge is 2.33.